The van der Waals surface area contributed by atoms with Gasteiger partial charge in [0.15, 0.2) is 0 Å². The second kappa shape index (κ2) is 14.4. The van der Waals surface area contributed by atoms with Gasteiger partial charge in [0.05, 0.1) is 0 Å². The first kappa shape index (κ1) is 33.2. The monoisotopic (exact) mass is 715 g/mol. The van der Waals surface area contributed by atoms with E-state index in [4.69, 9.17) is 4.42 Å². The minimum absolute atomic E-state index is 0.885. The van der Waals surface area contributed by atoms with Gasteiger partial charge in [0.1, 0.15) is 11.2 Å². The van der Waals surface area contributed by atoms with Crippen LogP contribution in [0, 0.1) is 0 Å². The number of furan rings is 1. The van der Waals surface area contributed by atoms with Crippen LogP contribution in [0.4, 0.5) is 17.1 Å². The van der Waals surface area contributed by atoms with Crippen molar-refractivity contribution in [1.29, 1.82) is 0 Å². The molecule has 0 saturated carbocycles. The minimum atomic E-state index is 0.885. The van der Waals surface area contributed by atoms with Crippen molar-refractivity contribution < 1.29 is 4.42 Å². The molecule has 0 radical (unpaired) electrons. The summed E-state index contributed by atoms with van der Waals surface area (Å²) in [5, 5.41) is 2.24. The zero-order valence-electron chi connectivity index (χ0n) is 30.7. The lowest BCUT2D eigenvalue weighted by molar-refractivity contribution is 0.669. The highest BCUT2D eigenvalue weighted by Gasteiger charge is 2.17. The smallest absolute Gasteiger partial charge is 0.136 e. The van der Waals surface area contributed by atoms with Crippen molar-refractivity contribution in [3.63, 3.8) is 0 Å². The molecule has 0 aliphatic heterocycles. The molecular weight excluding hydrogens is 679 g/mol. The number of nitrogens with zero attached hydrogens (tertiary/aromatic N) is 1. The Morgan fingerprint density at radius 2 is 0.607 bits per heavy atom. The number of hydrogen-bond donors (Lipinski definition) is 0. The van der Waals surface area contributed by atoms with Gasteiger partial charge in [-0.15, -0.1) is 0 Å². The lowest BCUT2D eigenvalue weighted by Crippen LogP contribution is -2.09. The maximum atomic E-state index is 6.42. The third-order valence-electron chi connectivity index (χ3n) is 10.7. The fourth-order valence-electron chi connectivity index (χ4n) is 7.82. The standard InChI is InChI=1S/C54H37NO/c1-4-12-38(13-5-1)40-20-22-42(23-21-40)43-28-32-47(33-29-43)55(46-16-8-3-9-17-46)48-34-30-45(31-35-48)51-37-54-52(49-18-10-11-19-53(49)56-54)36-50(51)44-26-24-41(25-27-44)39-14-6-2-7-15-39/h1-37H. The van der Waals surface area contributed by atoms with Crippen LogP contribution in [-0.2, 0) is 0 Å². The van der Waals surface area contributed by atoms with Crippen molar-refractivity contribution in [1.82, 2.24) is 0 Å². The van der Waals surface area contributed by atoms with Gasteiger partial charge < -0.3 is 9.32 Å². The largest absolute Gasteiger partial charge is 0.456 e. The Hall–Kier alpha value is -7.42. The van der Waals surface area contributed by atoms with E-state index in [2.05, 4.69) is 217 Å². The summed E-state index contributed by atoms with van der Waals surface area (Å²) in [6.07, 6.45) is 0. The number of para-hydroxylation sites is 2. The fourth-order valence-corrected chi connectivity index (χ4v) is 7.82. The molecule has 1 heterocycles. The molecule has 0 aliphatic rings. The minimum Gasteiger partial charge on any atom is -0.456 e. The Morgan fingerprint density at radius 3 is 1.12 bits per heavy atom. The van der Waals surface area contributed by atoms with Crippen molar-refractivity contribution in [2.45, 2.75) is 0 Å². The molecule has 10 aromatic rings. The first-order valence-corrected chi connectivity index (χ1v) is 19.1. The second-order valence-corrected chi connectivity index (χ2v) is 14.1. The van der Waals surface area contributed by atoms with E-state index in [0.29, 0.717) is 0 Å². The van der Waals surface area contributed by atoms with Crippen LogP contribution < -0.4 is 4.90 Å². The maximum absolute atomic E-state index is 6.42. The van der Waals surface area contributed by atoms with Crippen LogP contribution in [0.5, 0.6) is 0 Å². The molecule has 2 heteroatoms. The highest BCUT2D eigenvalue weighted by atomic mass is 16.3. The summed E-state index contributed by atoms with van der Waals surface area (Å²) >= 11 is 0. The quantitative estimate of drug-likeness (QED) is 0.156. The summed E-state index contributed by atoms with van der Waals surface area (Å²) < 4.78 is 6.42. The zero-order valence-corrected chi connectivity index (χ0v) is 30.7. The molecule has 0 aliphatic carbocycles. The van der Waals surface area contributed by atoms with Gasteiger partial charge in [-0.25, -0.2) is 0 Å². The molecule has 0 bridgehead atoms. The molecular formula is C54H37NO. The van der Waals surface area contributed by atoms with Crippen molar-refractivity contribution >= 4 is 39.0 Å². The van der Waals surface area contributed by atoms with E-state index in [1.807, 2.05) is 12.1 Å². The molecule has 264 valence electrons. The number of hydrogen-bond acceptors (Lipinski definition) is 2. The molecule has 0 saturated heterocycles. The van der Waals surface area contributed by atoms with Crippen LogP contribution in [0.3, 0.4) is 0 Å². The van der Waals surface area contributed by atoms with Crippen LogP contribution in [0.1, 0.15) is 0 Å². The second-order valence-electron chi connectivity index (χ2n) is 14.1. The molecule has 9 aromatic carbocycles. The maximum Gasteiger partial charge on any atom is 0.136 e. The Labute approximate surface area is 327 Å². The summed E-state index contributed by atoms with van der Waals surface area (Å²) in [5.41, 5.74) is 16.9. The van der Waals surface area contributed by atoms with Crippen LogP contribution >= 0.6 is 0 Å². The highest BCUT2D eigenvalue weighted by molar-refractivity contribution is 6.09. The molecule has 0 spiro atoms. The van der Waals surface area contributed by atoms with E-state index in [1.165, 1.54) is 38.9 Å². The third-order valence-corrected chi connectivity index (χ3v) is 10.7. The van der Waals surface area contributed by atoms with Crippen LogP contribution in [0.25, 0.3) is 77.6 Å². The third kappa shape index (κ3) is 6.34. The SMILES string of the molecule is c1ccc(-c2ccc(-c3ccc(N(c4ccccc4)c4ccc(-c5cc6oc7ccccc7c6cc5-c5ccc(-c6ccccc6)cc5)cc4)cc3)cc2)cc1. The van der Waals surface area contributed by atoms with E-state index in [-0.39, 0.29) is 0 Å². The molecule has 2 nitrogen and oxygen atoms in total. The number of benzene rings is 9. The predicted molar refractivity (Wildman–Crippen MR) is 236 cm³/mol. The van der Waals surface area contributed by atoms with Crippen molar-refractivity contribution in [2.24, 2.45) is 0 Å². The van der Waals surface area contributed by atoms with E-state index >= 15 is 0 Å². The summed E-state index contributed by atoms with van der Waals surface area (Å²) in [6, 6.07) is 80.0. The zero-order chi connectivity index (χ0) is 37.3. The van der Waals surface area contributed by atoms with E-state index < -0.39 is 0 Å². The number of rotatable bonds is 8. The van der Waals surface area contributed by atoms with Crippen molar-refractivity contribution in [3.8, 4) is 55.6 Å². The first-order chi connectivity index (χ1) is 27.7. The van der Waals surface area contributed by atoms with Crippen molar-refractivity contribution in [2.75, 3.05) is 4.90 Å². The molecule has 0 amide bonds. The van der Waals surface area contributed by atoms with Gasteiger partial charge in [0, 0.05) is 27.8 Å². The summed E-state index contributed by atoms with van der Waals surface area (Å²) in [7, 11) is 0. The normalized spacial score (nSPS) is 11.2. The lowest BCUT2D eigenvalue weighted by atomic mass is 9.91. The van der Waals surface area contributed by atoms with Crippen molar-refractivity contribution in [3.05, 3.63) is 224 Å². The van der Waals surface area contributed by atoms with E-state index in [9.17, 15) is 0 Å². The van der Waals surface area contributed by atoms with Gasteiger partial charge >= 0.3 is 0 Å². The Morgan fingerprint density at radius 1 is 0.250 bits per heavy atom. The Bertz CT molecular complexity index is 2900. The van der Waals surface area contributed by atoms with Crippen LogP contribution in [0.15, 0.2) is 229 Å². The molecule has 10 rings (SSSR count). The molecule has 0 unspecified atom stereocenters. The van der Waals surface area contributed by atoms with E-state index in [1.54, 1.807) is 0 Å². The van der Waals surface area contributed by atoms with Crippen LogP contribution in [-0.4, -0.2) is 0 Å². The molecule has 1 aromatic heterocycles. The Kier molecular flexibility index (Phi) is 8.55. The van der Waals surface area contributed by atoms with Gasteiger partial charge in [0.2, 0.25) is 0 Å². The number of fused-ring (bicyclic) bond motifs is 3. The Balaban J connectivity index is 1.02. The van der Waals surface area contributed by atoms with Gasteiger partial charge in [-0.05, 0) is 110 Å². The van der Waals surface area contributed by atoms with Crippen LogP contribution in [0.2, 0.25) is 0 Å². The molecule has 56 heavy (non-hydrogen) atoms. The molecule has 0 atom stereocenters. The molecule has 0 fully saturated rings. The topological polar surface area (TPSA) is 16.4 Å². The fraction of sp³-hybridized carbons (Fsp3) is 0. The summed E-state index contributed by atoms with van der Waals surface area (Å²) in [4.78, 5) is 2.32. The first-order valence-electron chi connectivity index (χ1n) is 19.1. The van der Waals surface area contributed by atoms with Gasteiger partial charge in [-0.2, -0.15) is 0 Å². The summed E-state index contributed by atoms with van der Waals surface area (Å²) in [6.45, 7) is 0. The van der Waals surface area contributed by atoms with Gasteiger partial charge in [-0.3, -0.25) is 0 Å². The number of anilines is 3. The average Bonchev–Trinajstić information content (AvgIpc) is 3.65. The van der Waals surface area contributed by atoms with Gasteiger partial charge in [0.25, 0.3) is 0 Å². The average molecular weight is 716 g/mol. The van der Waals surface area contributed by atoms with E-state index in [0.717, 1.165) is 55.7 Å². The van der Waals surface area contributed by atoms with Gasteiger partial charge in [-0.1, -0.05) is 170 Å². The summed E-state index contributed by atoms with van der Waals surface area (Å²) in [5.74, 6) is 0. The lowest BCUT2D eigenvalue weighted by Gasteiger charge is -2.26. The predicted octanol–water partition coefficient (Wildman–Crippen LogP) is 15.4. The molecule has 0 N–H and O–H groups in total. The highest BCUT2D eigenvalue weighted by Crippen LogP contribution is 2.42.